The molecular formula is C10H11BrN2. The second kappa shape index (κ2) is 5.00. The lowest BCUT2D eigenvalue weighted by Gasteiger charge is -2.06. The minimum atomic E-state index is 0.0963. The number of nitrogens with one attached hydrogen (secondary N) is 1. The standard InChI is InChI=1S/C10H11BrN2/c1-3-8(2)13-6-9-4-10(11)7-12-5-9/h1,4-5,7-8,13H,6H2,2H3. The van der Waals surface area contributed by atoms with Gasteiger partial charge in [-0.15, -0.1) is 6.42 Å². The Morgan fingerprint density at radius 2 is 2.46 bits per heavy atom. The number of rotatable bonds is 3. The van der Waals surface area contributed by atoms with E-state index in [1.165, 1.54) is 0 Å². The van der Waals surface area contributed by atoms with Crippen LogP contribution in [0.1, 0.15) is 12.5 Å². The molecule has 0 spiro atoms. The van der Waals surface area contributed by atoms with Gasteiger partial charge in [0.1, 0.15) is 0 Å². The SMILES string of the molecule is C#CC(C)NCc1cncc(Br)c1. The Kier molecular flexibility index (Phi) is 3.94. The summed E-state index contributed by atoms with van der Waals surface area (Å²) in [5, 5.41) is 3.18. The van der Waals surface area contributed by atoms with Crippen LogP contribution in [0.25, 0.3) is 0 Å². The van der Waals surface area contributed by atoms with Gasteiger partial charge in [0, 0.05) is 23.4 Å². The van der Waals surface area contributed by atoms with Gasteiger partial charge in [0.05, 0.1) is 6.04 Å². The van der Waals surface area contributed by atoms with E-state index in [1.54, 1.807) is 6.20 Å². The molecule has 1 heterocycles. The van der Waals surface area contributed by atoms with Crippen LogP contribution in [-0.2, 0) is 6.54 Å². The molecule has 3 heteroatoms. The zero-order valence-corrected chi connectivity index (χ0v) is 9.01. The lowest BCUT2D eigenvalue weighted by atomic mass is 10.2. The molecule has 1 aromatic heterocycles. The molecular weight excluding hydrogens is 228 g/mol. The third-order valence-electron chi connectivity index (χ3n) is 1.62. The predicted molar refractivity (Wildman–Crippen MR) is 57.1 cm³/mol. The first-order chi connectivity index (χ1) is 6.22. The van der Waals surface area contributed by atoms with Crippen molar-refractivity contribution in [1.82, 2.24) is 10.3 Å². The number of pyridine rings is 1. The monoisotopic (exact) mass is 238 g/mol. The van der Waals surface area contributed by atoms with Crippen molar-refractivity contribution in [2.24, 2.45) is 0 Å². The highest BCUT2D eigenvalue weighted by atomic mass is 79.9. The minimum absolute atomic E-state index is 0.0963. The molecule has 0 amide bonds. The van der Waals surface area contributed by atoms with E-state index in [1.807, 2.05) is 19.2 Å². The zero-order chi connectivity index (χ0) is 9.68. The van der Waals surface area contributed by atoms with Crippen LogP contribution in [0.5, 0.6) is 0 Å². The third-order valence-corrected chi connectivity index (χ3v) is 2.06. The maximum absolute atomic E-state index is 5.23. The molecule has 0 radical (unpaired) electrons. The summed E-state index contributed by atoms with van der Waals surface area (Å²) in [6.07, 6.45) is 8.81. The molecule has 1 N–H and O–H groups in total. The highest BCUT2D eigenvalue weighted by Gasteiger charge is 1.97. The Balaban J connectivity index is 2.51. The molecule has 1 rings (SSSR count). The summed E-state index contributed by atoms with van der Waals surface area (Å²) in [5.41, 5.74) is 1.12. The summed E-state index contributed by atoms with van der Waals surface area (Å²) in [7, 11) is 0. The van der Waals surface area contributed by atoms with E-state index in [9.17, 15) is 0 Å². The fourth-order valence-electron chi connectivity index (χ4n) is 0.882. The maximum Gasteiger partial charge on any atom is 0.0660 e. The van der Waals surface area contributed by atoms with Gasteiger partial charge in [-0.1, -0.05) is 5.92 Å². The van der Waals surface area contributed by atoms with E-state index in [0.29, 0.717) is 0 Å². The number of halogens is 1. The topological polar surface area (TPSA) is 24.9 Å². The summed E-state index contributed by atoms with van der Waals surface area (Å²) < 4.78 is 0.986. The van der Waals surface area contributed by atoms with Crippen LogP contribution in [-0.4, -0.2) is 11.0 Å². The number of hydrogen-bond donors (Lipinski definition) is 1. The second-order valence-electron chi connectivity index (χ2n) is 2.78. The van der Waals surface area contributed by atoms with Crippen molar-refractivity contribution in [2.45, 2.75) is 19.5 Å². The summed E-state index contributed by atoms with van der Waals surface area (Å²) in [6.45, 7) is 2.70. The molecule has 1 unspecified atom stereocenters. The Hall–Kier alpha value is -0.850. The average Bonchev–Trinajstić information content (AvgIpc) is 2.14. The molecule has 0 fully saturated rings. The van der Waals surface area contributed by atoms with Gasteiger partial charge in [0.15, 0.2) is 0 Å². The number of aromatic nitrogens is 1. The second-order valence-corrected chi connectivity index (χ2v) is 3.70. The summed E-state index contributed by atoms with van der Waals surface area (Å²) >= 11 is 3.36. The first kappa shape index (κ1) is 10.2. The van der Waals surface area contributed by atoms with Crippen LogP contribution in [0, 0.1) is 12.3 Å². The minimum Gasteiger partial charge on any atom is -0.300 e. The molecule has 0 aliphatic carbocycles. The van der Waals surface area contributed by atoms with Crippen molar-refractivity contribution in [3.63, 3.8) is 0 Å². The Morgan fingerprint density at radius 3 is 3.08 bits per heavy atom. The van der Waals surface area contributed by atoms with Gasteiger partial charge in [-0.05, 0) is 34.5 Å². The summed E-state index contributed by atoms with van der Waals surface area (Å²) in [6, 6.07) is 2.11. The largest absolute Gasteiger partial charge is 0.300 e. The normalized spacial score (nSPS) is 12.1. The van der Waals surface area contributed by atoms with E-state index >= 15 is 0 Å². The zero-order valence-electron chi connectivity index (χ0n) is 7.42. The Bertz CT molecular complexity index is 317. The van der Waals surface area contributed by atoms with Crippen molar-refractivity contribution in [2.75, 3.05) is 0 Å². The van der Waals surface area contributed by atoms with Crippen molar-refractivity contribution >= 4 is 15.9 Å². The molecule has 0 saturated carbocycles. The van der Waals surface area contributed by atoms with Crippen molar-refractivity contribution < 1.29 is 0 Å². The van der Waals surface area contributed by atoms with Gasteiger partial charge in [-0.2, -0.15) is 0 Å². The van der Waals surface area contributed by atoms with Crippen molar-refractivity contribution in [3.8, 4) is 12.3 Å². The number of nitrogens with zero attached hydrogens (tertiary/aromatic N) is 1. The molecule has 0 aromatic carbocycles. The maximum atomic E-state index is 5.23. The first-order valence-corrected chi connectivity index (χ1v) is 4.80. The average molecular weight is 239 g/mol. The van der Waals surface area contributed by atoms with Crippen molar-refractivity contribution in [3.05, 3.63) is 28.5 Å². The predicted octanol–water partition coefficient (Wildman–Crippen LogP) is 1.96. The van der Waals surface area contributed by atoms with Gasteiger partial charge in [-0.3, -0.25) is 10.3 Å². The quantitative estimate of drug-likeness (QED) is 0.815. The van der Waals surface area contributed by atoms with Crippen molar-refractivity contribution in [1.29, 1.82) is 0 Å². The van der Waals surface area contributed by atoms with Crippen LogP contribution < -0.4 is 5.32 Å². The van der Waals surface area contributed by atoms with E-state index in [-0.39, 0.29) is 6.04 Å². The molecule has 1 atom stereocenters. The molecule has 68 valence electrons. The first-order valence-electron chi connectivity index (χ1n) is 4.01. The smallest absolute Gasteiger partial charge is 0.0660 e. The fourth-order valence-corrected chi connectivity index (χ4v) is 1.29. The molecule has 0 saturated heterocycles. The van der Waals surface area contributed by atoms with Gasteiger partial charge in [0.25, 0.3) is 0 Å². The Morgan fingerprint density at radius 1 is 1.69 bits per heavy atom. The van der Waals surface area contributed by atoms with E-state index in [0.717, 1.165) is 16.6 Å². The highest BCUT2D eigenvalue weighted by Crippen LogP contribution is 2.09. The van der Waals surface area contributed by atoms with Crippen LogP contribution in [0.15, 0.2) is 22.9 Å². The summed E-state index contributed by atoms with van der Waals surface area (Å²) in [4.78, 5) is 4.05. The van der Waals surface area contributed by atoms with E-state index in [2.05, 4.69) is 32.2 Å². The highest BCUT2D eigenvalue weighted by molar-refractivity contribution is 9.10. The molecule has 0 bridgehead atoms. The van der Waals surface area contributed by atoms with Crippen LogP contribution in [0.4, 0.5) is 0 Å². The van der Waals surface area contributed by atoms with Crippen LogP contribution >= 0.6 is 15.9 Å². The summed E-state index contributed by atoms with van der Waals surface area (Å²) in [5.74, 6) is 2.61. The van der Waals surface area contributed by atoms with Gasteiger partial charge < -0.3 is 0 Å². The van der Waals surface area contributed by atoms with Crippen LogP contribution in [0.2, 0.25) is 0 Å². The third kappa shape index (κ3) is 3.58. The lowest BCUT2D eigenvalue weighted by Crippen LogP contribution is -2.23. The van der Waals surface area contributed by atoms with Gasteiger partial charge in [0.2, 0.25) is 0 Å². The lowest BCUT2D eigenvalue weighted by molar-refractivity contribution is 0.646. The molecule has 13 heavy (non-hydrogen) atoms. The molecule has 0 aliphatic rings. The number of terminal acetylenes is 1. The van der Waals surface area contributed by atoms with Gasteiger partial charge >= 0.3 is 0 Å². The number of hydrogen-bond acceptors (Lipinski definition) is 2. The molecule has 0 aliphatic heterocycles. The molecule has 1 aromatic rings. The fraction of sp³-hybridized carbons (Fsp3) is 0.300. The van der Waals surface area contributed by atoms with E-state index in [4.69, 9.17) is 6.42 Å². The van der Waals surface area contributed by atoms with Crippen LogP contribution in [0.3, 0.4) is 0 Å². The van der Waals surface area contributed by atoms with Gasteiger partial charge in [-0.25, -0.2) is 0 Å². The molecule has 2 nitrogen and oxygen atoms in total. The van der Waals surface area contributed by atoms with E-state index < -0.39 is 0 Å². The Labute approximate surface area is 86.9 Å².